The van der Waals surface area contributed by atoms with Crippen LogP contribution in [0.15, 0.2) is 36.5 Å². The molecule has 1 aliphatic heterocycles. The van der Waals surface area contributed by atoms with E-state index in [2.05, 4.69) is 14.9 Å². The number of nitrogens with one attached hydrogen (secondary N) is 1. The Morgan fingerprint density at radius 1 is 1.18 bits per heavy atom. The third-order valence-corrected chi connectivity index (χ3v) is 5.92. The van der Waals surface area contributed by atoms with Crippen LogP contribution in [0.2, 0.25) is 0 Å². The van der Waals surface area contributed by atoms with Gasteiger partial charge in [0.1, 0.15) is 23.6 Å². The Balaban J connectivity index is 1.54. The number of hydrogen-bond acceptors (Lipinski definition) is 6. The summed E-state index contributed by atoms with van der Waals surface area (Å²) in [6.45, 7) is 4.53. The highest BCUT2D eigenvalue weighted by Crippen LogP contribution is 2.27. The number of halogens is 1. The van der Waals surface area contributed by atoms with Crippen molar-refractivity contribution in [1.82, 2.24) is 19.8 Å². The maximum absolute atomic E-state index is 13.5. The molecular formula is C24H27FN4O4. The number of hydrogen-bond donors (Lipinski definition) is 1. The quantitative estimate of drug-likeness (QED) is 0.553. The van der Waals surface area contributed by atoms with Gasteiger partial charge in [0, 0.05) is 56.5 Å². The van der Waals surface area contributed by atoms with Crippen molar-refractivity contribution in [1.29, 1.82) is 0 Å². The summed E-state index contributed by atoms with van der Waals surface area (Å²) in [5.41, 5.74) is 2.24. The zero-order chi connectivity index (χ0) is 23.5. The largest absolute Gasteiger partial charge is 0.480 e. The number of ether oxygens (including phenoxy) is 2. The van der Waals surface area contributed by atoms with Crippen LogP contribution in [0.25, 0.3) is 11.0 Å². The predicted molar refractivity (Wildman–Crippen MR) is 121 cm³/mol. The van der Waals surface area contributed by atoms with E-state index in [9.17, 15) is 14.0 Å². The number of ketones is 1. The fourth-order valence-electron chi connectivity index (χ4n) is 4.26. The zero-order valence-corrected chi connectivity index (χ0v) is 18.9. The van der Waals surface area contributed by atoms with Gasteiger partial charge >= 0.3 is 0 Å². The van der Waals surface area contributed by atoms with Gasteiger partial charge in [-0.3, -0.25) is 14.5 Å². The van der Waals surface area contributed by atoms with E-state index >= 15 is 0 Å². The van der Waals surface area contributed by atoms with Crippen LogP contribution >= 0.6 is 0 Å². The fourth-order valence-corrected chi connectivity index (χ4v) is 4.26. The number of nitrogens with zero attached hydrogens (tertiary/aromatic N) is 3. The molecule has 1 saturated heterocycles. The van der Waals surface area contributed by atoms with Crippen LogP contribution < -0.4 is 4.74 Å². The molecule has 0 saturated carbocycles. The highest BCUT2D eigenvalue weighted by molar-refractivity contribution is 6.10. The highest BCUT2D eigenvalue weighted by Gasteiger charge is 2.31. The number of amides is 1. The van der Waals surface area contributed by atoms with Crippen LogP contribution in [0.3, 0.4) is 0 Å². The first-order valence-electron chi connectivity index (χ1n) is 10.8. The standard InChI is InChI=1S/C24H27FN4O4/c1-15-12-28(13-16-4-6-17(25)7-5-16)8-9-29(15)24(31)19-10-18-20(21(30)14-32-2)11-26-22(18)27-23(19)33-3/h4-7,10-11,15H,8-9,12-14H2,1-3H3,(H,26,27)/t15-/m1/s1. The van der Waals surface area contributed by atoms with Crippen molar-refractivity contribution in [3.63, 3.8) is 0 Å². The van der Waals surface area contributed by atoms with E-state index in [1.807, 2.05) is 6.92 Å². The summed E-state index contributed by atoms with van der Waals surface area (Å²) in [7, 11) is 2.93. The third-order valence-electron chi connectivity index (χ3n) is 5.92. The van der Waals surface area contributed by atoms with E-state index in [0.717, 1.165) is 5.56 Å². The lowest BCUT2D eigenvalue weighted by atomic mass is 10.1. The number of pyridine rings is 1. The molecule has 1 aromatic carbocycles. The molecule has 174 valence electrons. The normalized spacial score (nSPS) is 16.8. The number of carbonyl (C=O) groups is 2. The van der Waals surface area contributed by atoms with E-state index in [-0.39, 0.29) is 36.0 Å². The van der Waals surface area contributed by atoms with E-state index in [1.165, 1.54) is 26.4 Å². The third kappa shape index (κ3) is 4.74. The summed E-state index contributed by atoms with van der Waals surface area (Å²) < 4.78 is 23.5. The van der Waals surface area contributed by atoms with E-state index in [0.29, 0.717) is 48.3 Å². The minimum atomic E-state index is -0.253. The van der Waals surface area contributed by atoms with Gasteiger partial charge in [-0.2, -0.15) is 4.98 Å². The lowest BCUT2D eigenvalue weighted by Crippen LogP contribution is -2.53. The van der Waals surface area contributed by atoms with Crippen molar-refractivity contribution in [3.05, 3.63) is 59.0 Å². The van der Waals surface area contributed by atoms with Gasteiger partial charge in [-0.1, -0.05) is 12.1 Å². The fraction of sp³-hybridized carbons (Fsp3) is 0.375. The number of H-pyrrole nitrogens is 1. The van der Waals surface area contributed by atoms with Crippen molar-refractivity contribution >= 4 is 22.7 Å². The summed E-state index contributed by atoms with van der Waals surface area (Å²) in [6, 6.07) is 8.10. The number of piperazine rings is 1. The molecule has 3 heterocycles. The Morgan fingerprint density at radius 3 is 2.61 bits per heavy atom. The molecule has 1 aliphatic rings. The van der Waals surface area contributed by atoms with Crippen LogP contribution in [0, 0.1) is 5.82 Å². The summed E-state index contributed by atoms with van der Waals surface area (Å²) in [4.78, 5) is 37.3. The lowest BCUT2D eigenvalue weighted by molar-refractivity contribution is 0.0472. The maximum atomic E-state index is 13.5. The second kappa shape index (κ2) is 9.68. The first kappa shape index (κ1) is 22.9. The maximum Gasteiger partial charge on any atom is 0.259 e. The molecule has 9 heteroatoms. The number of aromatic nitrogens is 2. The van der Waals surface area contributed by atoms with Gasteiger partial charge in [0.05, 0.1) is 7.11 Å². The minimum Gasteiger partial charge on any atom is -0.480 e. The topological polar surface area (TPSA) is 87.8 Å². The van der Waals surface area contributed by atoms with Gasteiger partial charge in [-0.05, 0) is 30.7 Å². The Hall–Kier alpha value is -3.30. The van der Waals surface area contributed by atoms with Crippen LogP contribution in [-0.2, 0) is 11.3 Å². The zero-order valence-electron chi connectivity index (χ0n) is 18.9. The summed E-state index contributed by atoms with van der Waals surface area (Å²) in [5.74, 6) is -0.434. The van der Waals surface area contributed by atoms with Gasteiger partial charge in [0.2, 0.25) is 5.88 Å². The monoisotopic (exact) mass is 454 g/mol. The second-order valence-electron chi connectivity index (χ2n) is 8.21. The first-order valence-corrected chi connectivity index (χ1v) is 10.8. The van der Waals surface area contributed by atoms with E-state index < -0.39 is 0 Å². The molecule has 1 amide bonds. The smallest absolute Gasteiger partial charge is 0.259 e. The molecule has 0 bridgehead atoms. The summed E-state index contributed by atoms with van der Waals surface area (Å²) >= 11 is 0. The first-order chi connectivity index (χ1) is 15.9. The van der Waals surface area contributed by atoms with Gasteiger partial charge in [0.25, 0.3) is 5.91 Å². The summed E-state index contributed by atoms with van der Waals surface area (Å²) in [5, 5.41) is 0.559. The molecule has 0 unspecified atom stereocenters. The Bertz CT molecular complexity index is 1160. The Kier molecular flexibility index (Phi) is 6.71. The number of carbonyl (C=O) groups excluding carboxylic acids is 2. The highest BCUT2D eigenvalue weighted by atomic mass is 19.1. The number of aromatic amines is 1. The molecule has 1 atom stereocenters. The molecule has 0 spiro atoms. The van der Waals surface area contributed by atoms with Gasteiger partial charge < -0.3 is 19.4 Å². The van der Waals surface area contributed by atoms with Gasteiger partial charge in [-0.15, -0.1) is 0 Å². The number of methoxy groups -OCH3 is 2. The molecule has 0 radical (unpaired) electrons. The average molecular weight is 455 g/mol. The van der Waals surface area contributed by atoms with E-state index in [1.54, 1.807) is 29.3 Å². The minimum absolute atomic E-state index is 0.0482. The van der Waals surface area contributed by atoms with Crippen LogP contribution in [0.5, 0.6) is 5.88 Å². The second-order valence-corrected chi connectivity index (χ2v) is 8.21. The number of Topliss-reactive ketones (excluding diaryl/α,β-unsaturated/α-hetero) is 1. The van der Waals surface area contributed by atoms with Gasteiger partial charge in [-0.25, -0.2) is 4.39 Å². The molecular weight excluding hydrogens is 427 g/mol. The Morgan fingerprint density at radius 2 is 1.94 bits per heavy atom. The molecule has 1 fully saturated rings. The summed E-state index contributed by atoms with van der Waals surface area (Å²) in [6.07, 6.45) is 1.57. The predicted octanol–water partition coefficient (Wildman–Crippen LogP) is 2.89. The molecule has 0 aliphatic carbocycles. The molecule has 4 rings (SSSR count). The van der Waals surface area contributed by atoms with Crippen molar-refractivity contribution in [2.24, 2.45) is 0 Å². The van der Waals surface area contributed by atoms with Crippen molar-refractivity contribution < 1.29 is 23.5 Å². The lowest BCUT2D eigenvalue weighted by Gasteiger charge is -2.40. The number of benzene rings is 1. The Labute approximate surface area is 191 Å². The molecule has 1 N–H and O–H groups in total. The van der Waals surface area contributed by atoms with E-state index in [4.69, 9.17) is 9.47 Å². The molecule has 8 nitrogen and oxygen atoms in total. The van der Waals surface area contributed by atoms with Crippen molar-refractivity contribution in [3.8, 4) is 5.88 Å². The molecule has 33 heavy (non-hydrogen) atoms. The van der Waals surface area contributed by atoms with Crippen molar-refractivity contribution in [2.75, 3.05) is 40.5 Å². The van der Waals surface area contributed by atoms with Crippen molar-refractivity contribution in [2.45, 2.75) is 19.5 Å². The van der Waals surface area contributed by atoms with Crippen LogP contribution in [0.1, 0.15) is 33.2 Å². The van der Waals surface area contributed by atoms with Crippen LogP contribution in [-0.4, -0.2) is 78.0 Å². The SMILES string of the molecule is COCC(=O)c1c[nH]c2nc(OC)c(C(=O)N3CCN(Cc4ccc(F)cc4)C[C@H]3C)cc12. The average Bonchev–Trinajstić information content (AvgIpc) is 3.22. The number of fused-ring (bicyclic) bond motifs is 1. The van der Waals surface area contributed by atoms with Crippen LogP contribution in [0.4, 0.5) is 4.39 Å². The number of rotatable bonds is 7. The van der Waals surface area contributed by atoms with Gasteiger partial charge in [0.15, 0.2) is 5.78 Å². The molecule has 3 aromatic rings. The molecule has 2 aromatic heterocycles.